The summed E-state index contributed by atoms with van der Waals surface area (Å²) in [7, 11) is 4.54. The van der Waals surface area contributed by atoms with Crippen molar-refractivity contribution in [1.29, 1.82) is 0 Å². The third-order valence-electron chi connectivity index (χ3n) is 5.83. The molecule has 3 heterocycles. The molecular formula is C25H26F3N7O4. The minimum absolute atomic E-state index is 0.0460. The number of aryl methyl sites for hydroxylation is 2. The number of hydrogen-bond donors (Lipinski definition) is 2. The van der Waals surface area contributed by atoms with Crippen molar-refractivity contribution < 1.29 is 27.8 Å². The van der Waals surface area contributed by atoms with Gasteiger partial charge in [-0.1, -0.05) is 0 Å². The highest BCUT2D eigenvalue weighted by atomic mass is 19.4. The first kappa shape index (κ1) is 27.6. The number of hydrogen-bond acceptors (Lipinski definition) is 9. The standard InChI is InChI=1S/C25H26F3N7O4/c1-13-18(11-35(33-13)10-15(36)8-25(26,27)28)19-9-30-23(29)22(31-19)20-12-34(2)24(37)21(32-20)14-5-16(38-3)7-17(6-14)39-4/h5-7,9,11-12,15,36H,8,10H2,1-4H3,(H2,29,30)/t15-/m1/s1. The number of halogens is 3. The predicted octanol–water partition coefficient (Wildman–Crippen LogP) is 2.99. The lowest BCUT2D eigenvalue weighted by Gasteiger charge is -2.12. The minimum atomic E-state index is -4.50. The second-order valence-electron chi connectivity index (χ2n) is 8.80. The van der Waals surface area contributed by atoms with Crippen molar-refractivity contribution in [3.63, 3.8) is 0 Å². The van der Waals surface area contributed by atoms with Crippen molar-refractivity contribution in [3.8, 4) is 45.4 Å². The molecule has 3 N–H and O–H groups in total. The summed E-state index contributed by atoms with van der Waals surface area (Å²) in [4.78, 5) is 26.3. The summed E-state index contributed by atoms with van der Waals surface area (Å²) in [6, 6.07) is 4.95. The van der Waals surface area contributed by atoms with Crippen molar-refractivity contribution >= 4 is 5.82 Å². The molecule has 14 heteroatoms. The summed E-state index contributed by atoms with van der Waals surface area (Å²) >= 11 is 0. The van der Waals surface area contributed by atoms with E-state index >= 15 is 0 Å². The molecule has 11 nitrogen and oxygen atoms in total. The topological polar surface area (TPSA) is 143 Å². The molecule has 0 fully saturated rings. The number of aliphatic hydroxyl groups excluding tert-OH is 1. The fourth-order valence-electron chi connectivity index (χ4n) is 3.98. The highest BCUT2D eigenvalue weighted by Crippen LogP contribution is 2.30. The summed E-state index contributed by atoms with van der Waals surface area (Å²) in [6.07, 6.45) is -3.17. The third kappa shape index (κ3) is 6.17. The molecule has 0 spiro atoms. The van der Waals surface area contributed by atoms with Crippen LogP contribution >= 0.6 is 0 Å². The molecule has 1 aromatic carbocycles. The molecule has 4 rings (SSSR count). The number of ether oxygens (including phenoxy) is 2. The smallest absolute Gasteiger partial charge is 0.391 e. The van der Waals surface area contributed by atoms with Gasteiger partial charge in [0.15, 0.2) is 5.82 Å². The Morgan fingerprint density at radius 3 is 2.31 bits per heavy atom. The van der Waals surface area contributed by atoms with E-state index in [9.17, 15) is 23.1 Å². The van der Waals surface area contributed by atoms with Crippen molar-refractivity contribution in [3.05, 3.63) is 52.8 Å². The molecule has 0 radical (unpaired) electrons. The second kappa shape index (κ2) is 10.7. The van der Waals surface area contributed by atoms with Crippen molar-refractivity contribution in [2.24, 2.45) is 7.05 Å². The Morgan fingerprint density at radius 1 is 1.05 bits per heavy atom. The number of aromatic nitrogens is 6. The van der Waals surface area contributed by atoms with E-state index in [1.54, 1.807) is 32.2 Å². The largest absolute Gasteiger partial charge is 0.497 e. The van der Waals surface area contributed by atoms with Gasteiger partial charge < -0.3 is 24.9 Å². The number of anilines is 1. The lowest BCUT2D eigenvalue weighted by atomic mass is 10.1. The van der Waals surface area contributed by atoms with E-state index in [1.165, 1.54) is 42.1 Å². The van der Waals surface area contributed by atoms with Gasteiger partial charge in [0.05, 0.1) is 50.9 Å². The quantitative estimate of drug-likeness (QED) is 0.342. The Bertz CT molecular complexity index is 1540. The maximum absolute atomic E-state index is 13.0. The zero-order valence-electron chi connectivity index (χ0n) is 21.5. The Morgan fingerprint density at radius 2 is 1.69 bits per heavy atom. The summed E-state index contributed by atoms with van der Waals surface area (Å²) in [6.45, 7) is 1.30. The van der Waals surface area contributed by atoms with Gasteiger partial charge in [-0.15, -0.1) is 0 Å². The molecule has 4 aromatic rings. The molecule has 206 valence electrons. The summed E-state index contributed by atoms with van der Waals surface area (Å²) in [5, 5.41) is 14.0. The molecule has 39 heavy (non-hydrogen) atoms. The fraction of sp³-hybridized carbons (Fsp3) is 0.320. The minimum Gasteiger partial charge on any atom is -0.497 e. The highest BCUT2D eigenvalue weighted by molar-refractivity contribution is 5.73. The molecule has 0 bridgehead atoms. The van der Waals surface area contributed by atoms with Crippen LogP contribution in [0.25, 0.3) is 33.9 Å². The van der Waals surface area contributed by atoms with E-state index in [1.807, 2.05) is 0 Å². The van der Waals surface area contributed by atoms with Gasteiger partial charge in [-0.25, -0.2) is 15.0 Å². The first-order chi connectivity index (χ1) is 18.4. The number of nitrogens with two attached hydrogens (primary N) is 1. The van der Waals surface area contributed by atoms with Crippen LogP contribution in [-0.4, -0.2) is 60.9 Å². The van der Waals surface area contributed by atoms with E-state index < -0.39 is 18.7 Å². The van der Waals surface area contributed by atoms with E-state index in [2.05, 4.69) is 20.1 Å². The third-order valence-corrected chi connectivity index (χ3v) is 5.83. The van der Waals surface area contributed by atoms with Crippen LogP contribution in [0.2, 0.25) is 0 Å². The van der Waals surface area contributed by atoms with Crippen LogP contribution in [0.4, 0.5) is 19.0 Å². The van der Waals surface area contributed by atoms with Crippen LogP contribution in [-0.2, 0) is 13.6 Å². The molecule has 1 atom stereocenters. The molecule has 0 saturated heterocycles. The van der Waals surface area contributed by atoms with Gasteiger partial charge in [0, 0.05) is 36.6 Å². The SMILES string of the molecule is COc1cc(OC)cc(-c2nc(-c3nc(-c4cn(C[C@H](O)CC(F)(F)F)nc4C)cnc3N)cn(C)c2=O)c1. The summed E-state index contributed by atoms with van der Waals surface area (Å²) in [5.74, 6) is 0.977. The fourth-order valence-corrected chi connectivity index (χ4v) is 3.98. The normalized spacial score (nSPS) is 12.4. The number of methoxy groups -OCH3 is 2. The van der Waals surface area contributed by atoms with E-state index in [0.29, 0.717) is 34.0 Å². The van der Waals surface area contributed by atoms with Crippen LogP contribution in [0, 0.1) is 6.92 Å². The Balaban J connectivity index is 1.75. The molecule has 0 aliphatic carbocycles. The Labute approximate surface area is 220 Å². The van der Waals surface area contributed by atoms with Crippen LogP contribution < -0.4 is 20.8 Å². The van der Waals surface area contributed by atoms with Gasteiger partial charge in [-0.2, -0.15) is 18.3 Å². The Kier molecular flexibility index (Phi) is 7.58. The number of nitrogen functional groups attached to an aromatic ring is 1. The van der Waals surface area contributed by atoms with Gasteiger partial charge in [-0.05, 0) is 19.1 Å². The molecular weight excluding hydrogens is 519 g/mol. The highest BCUT2D eigenvalue weighted by Gasteiger charge is 2.31. The number of benzene rings is 1. The molecule has 0 amide bonds. The first-order valence-corrected chi connectivity index (χ1v) is 11.6. The number of rotatable bonds is 8. The molecule has 0 unspecified atom stereocenters. The maximum Gasteiger partial charge on any atom is 0.391 e. The van der Waals surface area contributed by atoms with Gasteiger partial charge in [0.25, 0.3) is 5.56 Å². The molecule has 0 aliphatic rings. The molecule has 0 aliphatic heterocycles. The number of nitrogens with zero attached hydrogens (tertiary/aromatic N) is 6. The Hall–Kier alpha value is -4.46. The van der Waals surface area contributed by atoms with E-state index in [4.69, 9.17) is 15.2 Å². The first-order valence-electron chi connectivity index (χ1n) is 11.6. The van der Waals surface area contributed by atoms with Crippen LogP contribution in [0.5, 0.6) is 11.5 Å². The van der Waals surface area contributed by atoms with Crippen LogP contribution in [0.3, 0.4) is 0 Å². The lowest BCUT2D eigenvalue weighted by molar-refractivity contribution is -0.154. The molecule has 0 saturated carbocycles. The summed E-state index contributed by atoms with van der Waals surface area (Å²) < 4.78 is 51.0. The number of alkyl halides is 3. The van der Waals surface area contributed by atoms with Crippen molar-refractivity contribution in [2.45, 2.75) is 32.2 Å². The van der Waals surface area contributed by atoms with Gasteiger partial charge in [0.2, 0.25) is 0 Å². The predicted molar refractivity (Wildman–Crippen MR) is 136 cm³/mol. The van der Waals surface area contributed by atoms with Gasteiger partial charge in [-0.3, -0.25) is 9.48 Å². The van der Waals surface area contributed by atoms with Crippen LogP contribution in [0.1, 0.15) is 12.1 Å². The maximum atomic E-state index is 13.0. The lowest BCUT2D eigenvalue weighted by Crippen LogP contribution is -2.24. The average molecular weight is 546 g/mol. The number of aliphatic hydroxyl groups is 1. The van der Waals surface area contributed by atoms with E-state index in [-0.39, 0.29) is 35.0 Å². The van der Waals surface area contributed by atoms with Crippen molar-refractivity contribution in [1.82, 2.24) is 29.3 Å². The summed E-state index contributed by atoms with van der Waals surface area (Å²) in [5.41, 5.74) is 8.00. The zero-order valence-corrected chi connectivity index (χ0v) is 21.5. The molecule has 3 aromatic heterocycles. The second-order valence-corrected chi connectivity index (χ2v) is 8.80. The van der Waals surface area contributed by atoms with Gasteiger partial charge in [0.1, 0.15) is 28.6 Å². The zero-order chi connectivity index (χ0) is 28.5. The van der Waals surface area contributed by atoms with Crippen molar-refractivity contribution in [2.75, 3.05) is 20.0 Å². The van der Waals surface area contributed by atoms with Gasteiger partial charge >= 0.3 is 6.18 Å². The average Bonchev–Trinajstić information content (AvgIpc) is 3.23. The van der Waals surface area contributed by atoms with Crippen LogP contribution in [0.15, 0.2) is 41.6 Å². The van der Waals surface area contributed by atoms with E-state index in [0.717, 1.165) is 0 Å². The monoisotopic (exact) mass is 545 g/mol.